The minimum absolute atomic E-state index is 0.0707. The molecule has 12 unspecified atom stereocenters. The first kappa shape index (κ1) is 127. The number of anilines is 3. The fourth-order valence-corrected chi connectivity index (χ4v) is 24.6. The number of phosphoric acid groups is 12. The number of nitrogens with two attached hydrogens (primary N) is 3. The third-order valence-electron chi connectivity index (χ3n) is 17.7. The lowest BCUT2D eigenvalue weighted by molar-refractivity contribution is -0.114. The van der Waals surface area contributed by atoms with Crippen molar-refractivity contribution in [3.05, 3.63) is 180 Å². The lowest BCUT2D eigenvalue weighted by Crippen LogP contribution is -2.36. The van der Waals surface area contributed by atoms with Gasteiger partial charge in [-0.2, -0.15) is 44.5 Å². The number of hydrogen-bond acceptors (Lipinski definition) is 51. The molecule has 6 aromatic rings. The van der Waals surface area contributed by atoms with Crippen LogP contribution in [0.4, 0.5) is 17.6 Å². The van der Waals surface area contributed by atoms with Crippen molar-refractivity contribution in [1.29, 1.82) is 0 Å². The van der Waals surface area contributed by atoms with Gasteiger partial charge in [-0.15, -0.1) is 0 Å². The van der Waals surface area contributed by atoms with E-state index in [4.69, 9.17) is 138 Å². The van der Waals surface area contributed by atoms with Gasteiger partial charge in [-0.05, 0) is 97.1 Å². The minimum Gasteiger partial charge on any atom is -0.383 e. The van der Waals surface area contributed by atoms with Crippen molar-refractivity contribution in [2.75, 3.05) is 43.6 Å². The third kappa shape index (κ3) is 39.7. The van der Waals surface area contributed by atoms with Crippen LogP contribution in [0, 0.1) is 6.92 Å². The fraction of sp³-hybridized carbons (Fsp3) is 0.592. The van der Waals surface area contributed by atoms with Crippen LogP contribution in [0.2, 0.25) is 0 Å². The second-order valence-corrected chi connectivity index (χ2v) is 46.7. The standard InChI is InChI=1S/C13H19N10O13P3.C13H19N10O12P3.C12H19N8O14P3.C11H18N9O13P3/c1-13(19-21-15,20-22-16)34-7-4-9(23-3-2-6-10(23)17-12(14)18-11(6)24)33-8(7)5-32-38(28,29)36-39(30,31)35-37(25,26)27;1-13(19-21-15,20-22-16)33-8-4-10(23-3-2-7-11(14)17-6-18-12(7)23)32-9(8)5-31-37(27,28)35-38(29,30)34-36(24,25)26;1-6-4-20(11(22)15-10(6)21)9-3-7(32-12(2,16-18-13)17-19-14)8(31-9)5-30-36(26,27)34-37(28,29)33-35(23,24)25;1-11(16-18-13,17-19-14)31-6-4-9(20-3-2-8(12)15-10(20)21)30-7(6)5-29-35(25,26)33-36(27,28)32-34(22,23)24/h2-3,7-9H,4-5H2,1H3,(H,28,29)(H,30,31)(H2,25,26,27)(H3,14,17,18,24);2-3,6,8-10H,4-5H2,1H3,(H,27,28)(H,29,30)(H2,14,17,18)(H2,24,25,26);4,7-9H,3,5H2,1-2H3,(H,26,27)(H,28,29)(H,15,21,22)(H2,23,24,25);2-3,6-7,9H,4-5H2,1H3,(H,25,26)(H,27,28)(H2,12,15,21)(H2,22,23,24)/t7?,8-,9-;8?,9-,10-;7?,8-,9-;6?,7-,9-/m1111/s1. The largest absolute Gasteiger partial charge is 0.490 e. The molecule has 0 radical (unpaired) electrons. The maximum atomic E-state index is 12.3. The number of hydrogen-bond donors (Lipinski definition) is 21. The molecule has 0 aliphatic carbocycles. The summed E-state index contributed by atoms with van der Waals surface area (Å²) < 4.78 is 235. The summed E-state index contributed by atoms with van der Waals surface area (Å²) in [7, 11) is -67.7. The van der Waals surface area contributed by atoms with Gasteiger partial charge < -0.3 is 143 Å². The molecule has 10 rings (SSSR count). The molecule has 10 heterocycles. The number of azide groups is 4. The molecular weight excluding hydrogens is 2310 g/mol. The van der Waals surface area contributed by atoms with Crippen LogP contribution in [0.1, 0.15) is 83.9 Å². The highest BCUT2D eigenvalue weighted by Gasteiger charge is 2.52. The quantitative estimate of drug-likeness (QED) is 0.00870. The van der Waals surface area contributed by atoms with Gasteiger partial charge in [-0.25, -0.2) is 74.3 Å². The number of rotatable bonds is 48. The summed E-state index contributed by atoms with van der Waals surface area (Å²) in [6, 6.07) is 4.24. The van der Waals surface area contributed by atoms with Crippen molar-refractivity contribution in [3.8, 4) is 0 Å². The van der Waals surface area contributed by atoms with Gasteiger partial charge in [0, 0.05) is 95.3 Å². The number of phosphoric ester groups is 4. The molecule has 4 saturated heterocycles. The van der Waals surface area contributed by atoms with Gasteiger partial charge in [-0.1, -0.05) is 40.9 Å². The number of nitrogen functional groups attached to an aromatic ring is 3. The van der Waals surface area contributed by atoms with Crippen LogP contribution < -0.4 is 39.7 Å². The lowest BCUT2D eigenvalue weighted by atomic mass is 10.2. The van der Waals surface area contributed by atoms with Crippen molar-refractivity contribution in [2.24, 2.45) is 40.9 Å². The predicted molar refractivity (Wildman–Crippen MR) is 475 cm³/mol. The summed E-state index contributed by atoms with van der Waals surface area (Å²) in [4.78, 5) is 233. The van der Waals surface area contributed by atoms with Crippen LogP contribution in [0.25, 0.3) is 106 Å². The SMILES string of the molecule is CC(N=[N+]=[N-])(N=[N+]=[N-])OC1C[C@H](n2ccc(N)nc2=O)O[C@@H]1COP(=O)(O)OP(=O)(O)OP(=O)(O)O.CC(N=[N+]=[N-])(N=[N+]=[N-])OC1C[C@H](n2ccc3c(=O)[nH]c(N)nc32)O[C@@H]1COP(=O)(O)OP(=O)(O)OP(=O)(O)O.CC(N=[N+]=[N-])(N=[N+]=[N-])OC1C[C@H](n2ccc3c(N)ncnc32)O[C@@H]1COP(=O)(O)OP(=O)(O)OP(=O)(O)O.Cc1cn([C@H]2CC(OC(C)(N=[N+]=[N-])N=[N+]=[N-])[C@@H](COP(=O)(O)OP(=O)(O)OP(=O)(O)O)O2)c(=O)[nH]c1=O. The van der Waals surface area contributed by atoms with Crippen molar-refractivity contribution in [2.45, 2.75) is 157 Å². The number of aromatic amines is 2. The van der Waals surface area contributed by atoms with Crippen molar-refractivity contribution in [3.63, 3.8) is 0 Å². The number of nitrogens with zero attached hydrogens (tertiary/aromatic N) is 32. The van der Waals surface area contributed by atoms with E-state index >= 15 is 0 Å². The van der Waals surface area contributed by atoms with Gasteiger partial charge in [-0.3, -0.25) is 46.8 Å². The molecule has 828 valence electrons. The van der Waals surface area contributed by atoms with Crippen LogP contribution >= 0.6 is 93.9 Å². The smallest absolute Gasteiger partial charge is 0.383 e. The summed E-state index contributed by atoms with van der Waals surface area (Å²) >= 11 is 0. The van der Waals surface area contributed by atoms with Gasteiger partial charge in [0.25, 0.3) is 11.1 Å². The van der Waals surface area contributed by atoms with E-state index < -0.39 is 240 Å². The van der Waals surface area contributed by atoms with Gasteiger partial charge in [0.2, 0.25) is 29.3 Å². The molecule has 0 amide bonds. The normalized spacial score (nSPS) is 24.6. The highest BCUT2D eigenvalue weighted by atomic mass is 31.3. The third-order valence-corrected chi connectivity index (χ3v) is 32.9. The molecule has 0 saturated carbocycles. The van der Waals surface area contributed by atoms with E-state index in [1.165, 1.54) is 46.9 Å². The Bertz CT molecular complexity index is 7240. The van der Waals surface area contributed by atoms with Crippen LogP contribution in [0.5, 0.6) is 0 Å². The molecule has 4 fully saturated rings. The Hall–Kier alpha value is -10.2. The van der Waals surface area contributed by atoms with E-state index in [1.807, 2.05) is 4.98 Å². The maximum absolute atomic E-state index is 12.3. The van der Waals surface area contributed by atoms with Crippen molar-refractivity contribution >= 4 is 134 Å². The Morgan fingerprint density at radius 3 is 0.953 bits per heavy atom. The van der Waals surface area contributed by atoms with Crippen LogP contribution in [-0.2, 0) is 145 Å². The summed E-state index contributed by atoms with van der Waals surface area (Å²) in [5.41, 5.74) is 84.6. The average molecular weight is 2390 g/mol. The van der Waals surface area contributed by atoms with Crippen molar-refractivity contribution in [1.82, 2.24) is 48.2 Å². The topological polar surface area (TPSA) is 1350 Å². The zero-order valence-electron chi connectivity index (χ0n) is 74.5. The number of H-pyrrole nitrogens is 2. The monoisotopic (exact) mass is 2390 g/mol. The molecule has 150 heavy (non-hydrogen) atoms. The van der Waals surface area contributed by atoms with Gasteiger partial charge in [0.05, 0.1) is 61.6 Å². The van der Waals surface area contributed by atoms with Crippen LogP contribution in [0.15, 0.2) is 109 Å². The Kier molecular flexibility index (Phi) is 42.9. The molecule has 0 spiro atoms. The van der Waals surface area contributed by atoms with E-state index in [0.717, 1.165) is 43.0 Å². The Morgan fingerprint density at radius 2 is 0.660 bits per heavy atom. The molecule has 6 aromatic heterocycles. The minimum atomic E-state index is -5.80. The molecule has 89 nitrogen and oxygen atoms in total. The Balaban J connectivity index is 0.000000271. The van der Waals surface area contributed by atoms with Gasteiger partial charge >= 0.3 is 105 Å². The van der Waals surface area contributed by atoms with E-state index in [2.05, 4.69) is 158 Å². The van der Waals surface area contributed by atoms with E-state index in [1.54, 1.807) is 12.3 Å². The first-order valence-corrected chi connectivity index (χ1v) is 56.6. The predicted octanol–water partition coefficient (Wildman–Crippen LogP) is 6.23. The highest BCUT2D eigenvalue weighted by molar-refractivity contribution is 7.68. The van der Waals surface area contributed by atoms with Crippen LogP contribution in [0.3, 0.4) is 0 Å². The summed E-state index contributed by atoms with van der Waals surface area (Å²) in [5.74, 6) is -8.82. The van der Waals surface area contributed by atoms with E-state index in [9.17, 15) is 113 Å². The maximum Gasteiger partial charge on any atom is 0.490 e. The first-order valence-electron chi connectivity index (χ1n) is 38.5. The second kappa shape index (κ2) is 50.8. The molecule has 4 aliphatic heterocycles. The number of fused-ring (bicyclic) bond motifs is 2. The number of nitrogens with one attached hydrogen (secondary N) is 2. The van der Waals surface area contributed by atoms with Crippen molar-refractivity contribution < 1.29 is 224 Å². The number of aryl methyl sites for hydroxylation is 1. The molecule has 0 aromatic carbocycles. The zero-order chi connectivity index (χ0) is 113. The molecule has 24 N–H and O–H groups in total. The molecular formula is C49H75N37O52P12. The number of aromatic nitrogens is 10. The van der Waals surface area contributed by atoms with Gasteiger partial charge in [0.15, 0.2) is 5.65 Å². The summed E-state index contributed by atoms with van der Waals surface area (Å²) in [6.45, 7) is 1.86. The van der Waals surface area contributed by atoms with E-state index in [-0.39, 0.29) is 59.9 Å². The fourth-order valence-electron chi connectivity index (χ4n) is 12.5. The molecule has 101 heteroatoms. The molecule has 4 aliphatic rings. The second-order valence-electron chi connectivity index (χ2n) is 29.0. The molecule has 20 atom stereocenters. The van der Waals surface area contributed by atoms with Gasteiger partial charge in [0.1, 0.15) is 72.9 Å². The average Bonchev–Trinajstić information content (AvgIpc) is 1.63. The van der Waals surface area contributed by atoms with Crippen LogP contribution in [-0.4, -0.2) is 225 Å². The zero-order valence-corrected chi connectivity index (χ0v) is 85.2. The first-order chi connectivity index (χ1) is 68.9. The Labute approximate surface area is 824 Å². The Morgan fingerprint density at radius 1 is 0.380 bits per heavy atom. The molecule has 0 bridgehead atoms. The summed E-state index contributed by atoms with van der Waals surface area (Å²) in [5, 5.41) is 26.6. The lowest BCUT2D eigenvalue weighted by Gasteiger charge is -2.26. The highest BCUT2D eigenvalue weighted by Crippen LogP contribution is 2.70. The summed E-state index contributed by atoms with van der Waals surface area (Å²) in [6.07, 6.45) is -9.28. The van der Waals surface area contributed by atoms with E-state index in [0.29, 0.717) is 11.0 Å². The number of ether oxygens (including phenoxy) is 8.